The minimum absolute atomic E-state index is 0.0302. The van der Waals surface area contributed by atoms with Crippen LogP contribution in [-0.4, -0.2) is 17.3 Å². The Labute approximate surface area is 105 Å². The molecule has 1 rings (SSSR count). The Hall–Kier alpha value is -0.860. The molecule has 0 bridgehead atoms. The van der Waals surface area contributed by atoms with Crippen molar-refractivity contribution in [1.82, 2.24) is 0 Å². The monoisotopic (exact) mass is 235 g/mol. The number of nitrogens with two attached hydrogens (primary N) is 1. The lowest BCUT2D eigenvalue weighted by atomic mass is 9.68. The minimum Gasteiger partial charge on any atom is -0.396 e. The third-order valence-electron chi connectivity index (χ3n) is 4.03. The molecule has 1 aromatic carbocycles. The molecule has 3 N–H and O–H groups in total. The minimum atomic E-state index is -0.273. The first-order valence-electron chi connectivity index (χ1n) is 6.33. The van der Waals surface area contributed by atoms with Gasteiger partial charge in [-0.1, -0.05) is 37.3 Å². The van der Waals surface area contributed by atoms with E-state index in [0.29, 0.717) is 0 Å². The van der Waals surface area contributed by atoms with Crippen molar-refractivity contribution in [3.05, 3.63) is 35.9 Å². The van der Waals surface area contributed by atoms with E-state index in [1.807, 2.05) is 19.9 Å². The summed E-state index contributed by atoms with van der Waals surface area (Å²) in [6.45, 7) is 6.47. The third-order valence-corrected chi connectivity index (χ3v) is 4.03. The fourth-order valence-corrected chi connectivity index (χ4v) is 2.08. The summed E-state index contributed by atoms with van der Waals surface area (Å²) in [5.74, 6) is 0. The second-order valence-electron chi connectivity index (χ2n) is 5.74. The highest BCUT2D eigenvalue weighted by Crippen LogP contribution is 2.37. The van der Waals surface area contributed by atoms with Gasteiger partial charge in [-0.15, -0.1) is 0 Å². The van der Waals surface area contributed by atoms with E-state index in [-0.39, 0.29) is 17.6 Å². The van der Waals surface area contributed by atoms with Crippen molar-refractivity contribution < 1.29 is 5.11 Å². The van der Waals surface area contributed by atoms with Gasteiger partial charge in [0.05, 0.1) is 0 Å². The molecule has 0 amide bonds. The summed E-state index contributed by atoms with van der Waals surface area (Å²) in [4.78, 5) is 0. The van der Waals surface area contributed by atoms with E-state index in [1.54, 1.807) is 0 Å². The lowest BCUT2D eigenvalue weighted by molar-refractivity contribution is 0.109. The van der Waals surface area contributed by atoms with Gasteiger partial charge >= 0.3 is 0 Å². The lowest BCUT2D eigenvalue weighted by Gasteiger charge is -2.42. The van der Waals surface area contributed by atoms with Gasteiger partial charge in [-0.2, -0.15) is 0 Å². The predicted octanol–water partition coefficient (Wildman–Crippen LogP) is 2.75. The van der Waals surface area contributed by atoms with E-state index in [9.17, 15) is 5.11 Å². The summed E-state index contributed by atoms with van der Waals surface area (Å²) in [5, 5.41) is 9.21. The van der Waals surface area contributed by atoms with Gasteiger partial charge in [0.25, 0.3) is 0 Å². The average Bonchev–Trinajstić information content (AvgIpc) is 2.27. The molecule has 1 unspecified atom stereocenters. The molecule has 0 fully saturated rings. The number of rotatable bonds is 6. The standard InChI is InChI=1S/C15H25NO/c1-14(2,16)15(3,11-12-17)10-9-13-7-5-4-6-8-13/h4-8,17H,9-12,16H2,1-3H3. The van der Waals surface area contributed by atoms with E-state index in [4.69, 9.17) is 5.73 Å². The maximum Gasteiger partial charge on any atom is 0.0436 e. The highest BCUT2D eigenvalue weighted by atomic mass is 16.3. The van der Waals surface area contributed by atoms with Gasteiger partial charge in [0, 0.05) is 12.1 Å². The molecule has 0 aliphatic carbocycles. The number of benzene rings is 1. The summed E-state index contributed by atoms with van der Waals surface area (Å²) < 4.78 is 0. The van der Waals surface area contributed by atoms with Crippen molar-refractivity contribution in [3.8, 4) is 0 Å². The van der Waals surface area contributed by atoms with Crippen LogP contribution in [0.1, 0.15) is 39.2 Å². The van der Waals surface area contributed by atoms with Crippen LogP contribution < -0.4 is 5.73 Å². The van der Waals surface area contributed by atoms with E-state index < -0.39 is 0 Å². The molecule has 0 radical (unpaired) electrons. The molecule has 0 spiro atoms. The molecule has 0 aliphatic heterocycles. The Bertz CT molecular complexity index is 329. The van der Waals surface area contributed by atoms with Crippen LogP contribution in [0, 0.1) is 5.41 Å². The van der Waals surface area contributed by atoms with E-state index in [1.165, 1.54) is 5.56 Å². The largest absolute Gasteiger partial charge is 0.396 e. The summed E-state index contributed by atoms with van der Waals surface area (Å²) in [5.41, 5.74) is 7.28. The molecule has 1 aromatic rings. The normalized spacial score (nSPS) is 15.6. The van der Waals surface area contributed by atoms with Gasteiger partial charge in [-0.25, -0.2) is 0 Å². The van der Waals surface area contributed by atoms with Crippen molar-refractivity contribution >= 4 is 0 Å². The first kappa shape index (κ1) is 14.2. The first-order chi connectivity index (χ1) is 7.89. The van der Waals surface area contributed by atoms with Crippen molar-refractivity contribution in [2.75, 3.05) is 6.61 Å². The molecule has 1 atom stereocenters. The molecular formula is C15H25NO. The topological polar surface area (TPSA) is 46.2 Å². The Morgan fingerprint density at radius 3 is 2.12 bits per heavy atom. The average molecular weight is 235 g/mol. The van der Waals surface area contributed by atoms with Crippen LogP contribution in [-0.2, 0) is 6.42 Å². The fourth-order valence-electron chi connectivity index (χ4n) is 2.08. The van der Waals surface area contributed by atoms with Crippen LogP contribution in [0.25, 0.3) is 0 Å². The van der Waals surface area contributed by atoms with Gasteiger partial charge < -0.3 is 10.8 Å². The number of aliphatic hydroxyl groups is 1. The Balaban J connectivity index is 2.69. The smallest absolute Gasteiger partial charge is 0.0436 e. The highest BCUT2D eigenvalue weighted by molar-refractivity contribution is 5.15. The molecule has 0 saturated heterocycles. The van der Waals surface area contributed by atoms with Gasteiger partial charge in [0.2, 0.25) is 0 Å². The zero-order valence-electron chi connectivity index (χ0n) is 11.2. The SMILES string of the molecule is CC(C)(N)C(C)(CCO)CCc1ccccc1. The second kappa shape index (κ2) is 5.65. The summed E-state index contributed by atoms with van der Waals surface area (Å²) in [6.07, 6.45) is 2.77. The summed E-state index contributed by atoms with van der Waals surface area (Å²) in [6, 6.07) is 10.4. The molecule has 0 aromatic heterocycles. The molecule has 96 valence electrons. The molecule has 0 heterocycles. The van der Waals surface area contributed by atoms with Crippen LogP contribution in [0.4, 0.5) is 0 Å². The van der Waals surface area contributed by atoms with Crippen LogP contribution in [0.2, 0.25) is 0 Å². The fraction of sp³-hybridized carbons (Fsp3) is 0.600. The second-order valence-corrected chi connectivity index (χ2v) is 5.74. The first-order valence-corrected chi connectivity index (χ1v) is 6.33. The van der Waals surface area contributed by atoms with Crippen LogP contribution in [0.15, 0.2) is 30.3 Å². The van der Waals surface area contributed by atoms with Crippen LogP contribution in [0.3, 0.4) is 0 Å². The number of hydrogen-bond donors (Lipinski definition) is 2. The molecule has 2 heteroatoms. The maximum absolute atomic E-state index is 9.21. The third kappa shape index (κ3) is 3.83. The van der Waals surface area contributed by atoms with E-state index in [0.717, 1.165) is 19.3 Å². The Morgan fingerprint density at radius 1 is 1.06 bits per heavy atom. The number of hydrogen-bond acceptors (Lipinski definition) is 2. The molecule has 0 saturated carbocycles. The Morgan fingerprint density at radius 2 is 1.65 bits per heavy atom. The van der Waals surface area contributed by atoms with Crippen molar-refractivity contribution in [2.45, 2.75) is 45.6 Å². The number of aryl methyl sites for hydroxylation is 1. The predicted molar refractivity (Wildman–Crippen MR) is 72.8 cm³/mol. The molecular weight excluding hydrogens is 210 g/mol. The van der Waals surface area contributed by atoms with Gasteiger partial charge in [0.15, 0.2) is 0 Å². The van der Waals surface area contributed by atoms with E-state index in [2.05, 4.69) is 31.2 Å². The molecule has 0 aliphatic rings. The van der Waals surface area contributed by atoms with Crippen molar-refractivity contribution in [2.24, 2.45) is 11.1 Å². The van der Waals surface area contributed by atoms with Crippen molar-refractivity contribution in [3.63, 3.8) is 0 Å². The van der Waals surface area contributed by atoms with Gasteiger partial charge in [-0.3, -0.25) is 0 Å². The maximum atomic E-state index is 9.21. The molecule has 2 nitrogen and oxygen atoms in total. The van der Waals surface area contributed by atoms with Crippen molar-refractivity contribution in [1.29, 1.82) is 0 Å². The summed E-state index contributed by atoms with van der Waals surface area (Å²) >= 11 is 0. The van der Waals surface area contributed by atoms with E-state index >= 15 is 0 Å². The van der Waals surface area contributed by atoms with Gasteiger partial charge in [-0.05, 0) is 44.1 Å². The van der Waals surface area contributed by atoms with Gasteiger partial charge in [0.1, 0.15) is 0 Å². The molecule has 17 heavy (non-hydrogen) atoms. The van der Waals surface area contributed by atoms with Crippen LogP contribution in [0.5, 0.6) is 0 Å². The van der Waals surface area contributed by atoms with Crippen LogP contribution >= 0.6 is 0 Å². The quantitative estimate of drug-likeness (QED) is 0.796. The lowest BCUT2D eigenvalue weighted by Crippen LogP contribution is -2.49. The zero-order valence-corrected chi connectivity index (χ0v) is 11.2. The zero-order chi connectivity index (χ0) is 12.9. The summed E-state index contributed by atoms with van der Waals surface area (Å²) in [7, 11) is 0. The highest BCUT2D eigenvalue weighted by Gasteiger charge is 2.36. The Kier molecular flexibility index (Phi) is 4.72. The number of aliphatic hydroxyl groups excluding tert-OH is 1.